The molecule has 2 N–H and O–H groups in total. The van der Waals surface area contributed by atoms with Crippen molar-refractivity contribution in [3.05, 3.63) is 69.8 Å². The molecular weight excluding hydrogens is 322 g/mol. The molecule has 0 unspecified atom stereocenters. The molecule has 0 saturated heterocycles. The molecule has 0 aliphatic carbocycles. The van der Waals surface area contributed by atoms with Crippen LogP contribution in [0.2, 0.25) is 0 Å². The molecule has 0 saturated carbocycles. The third-order valence-electron chi connectivity index (χ3n) is 3.77. The SMILES string of the molecule is COc1ccccc1CNC(=O)c1cnn(-c2ccc(=O)[nH]n2)c1C. The van der Waals surface area contributed by atoms with E-state index in [1.165, 1.54) is 23.0 Å². The van der Waals surface area contributed by atoms with Crippen molar-refractivity contribution >= 4 is 5.91 Å². The van der Waals surface area contributed by atoms with E-state index in [1.807, 2.05) is 24.3 Å². The second kappa shape index (κ2) is 7.00. The standard InChI is InChI=1S/C17H17N5O3/c1-11-13(10-19-22(11)15-7-8-16(23)21-20-15)17(24)18-9-12-5-3-4-6-14(12)25-2/h3-8,10H,9H2,1-2H3,(H,18,24)(H,21,23). The molecule has 0 atom stereocenters. The van der Waals surface area contributed by atoms with Crippen LogP contribution in [0, 0.1) is 6.92 Å². The lowest BCUT2D eigenvalue weighted by Crippen LogP contribution is -2.23. The fraction of sp³-hybridized carbons (Fsp3) is 0.176. The zero-order valence-corrected chi connectivity index (χ0v) is 13.8. The van der Waals surface area contributed by atoms with Gasteiger partial charge in [0.2, 0.25) is 0 Å². The van der Waals surface area contributed by atoms with Crippen molar-refractivity contribution in [2.45, 2.75) is 13.5 Å². The molecule has 2 aromatic heterocycles. The van der Waals surface area contributed by atoms with Crippen LogP contribution in [0.15, 0.2) is 47.4 Å². The fourth-order valence-corrected chi connectivity index (χ4v) is 2.44. The van der Waals surface area contributed by atoms with E-state index in [9.17, 15) is 9.59 Å². The van der Waals surface area contributed by atoms with E-state index in [2.05, 4.69) is 20.6 Å². The van der Waals surface area contributed by atoms with Gasteiger partial charge in [-0.25, -0.2) is 9.78 Å². The number of nitrogens with one attached hydrogen (secondary N) is 2. The van der Waals surface area contributed by atoms with Gasteiger partial charge in [0.25, 0.3) is 11.5 Å². The number of amides is 1. The van der Waals surface area contributed by atoms with Gasteiger partial charge < -0.3 is 10.1 Å². The molecule has 1 amide bonds. The number of para-hydroxylation sites is 1. The smallest absolute Gasteiger partial charge is 0.264 e. The van der Waals surface area contributed by atoms with E-state index in [-0.39, 0.29) is 11.5 Å². The predicted octanol–water partition coefficient (Wildman–Crippen LogP) is 1.20. The van der Waals surface area contributed by atoms with Gasteiger partial charge in [0.05, 0.1) is 24.6 Å². The topological polar surface area (TPSA) is 102 Å². The molecule has 25 heavy (non-hydrogen) atoms. The lowest BCUT2D eigenvalue weighted by atomic mass is 10.2. The first-order valence-electron chi connectivity index (χ1n) is 7.61. The summed E-state index contributed by atoms with van der Waals surface area (Å²) in [5.74, 6) is 0.896. The van der Waals surface area contributed by atoms with Gasteiger partial charge in [-0.05, 0) is 19.1 Å². The Hall–Kier alpha value is -3.42. The third kappa shape index (κ3) is 3.42. The average molecular weight is 339 g/mol. The number of hydrogen-bond acceptors (Lipinski definition) is 5. The third-order valence-corrected chi connectivity index (χ3v) is 3.77. The van der Waals surface area contributed by atoms with Crippen LogP contribution in [-0.4, -0.2) is 33.0 Å². The maximum absolute atomic E-state index is 12.5. The summed E-state index contributed by atoms with van der Waals surface area (Å²) in [5.41, 5.74) is 1.63. The Kier molecular flexibility index (Phi) is 4.60. The first-order chi connectivity index (χ1) is 12.1. The van der Waals surface area contributed by atoms with Crippen LogP contribution in [0.25, 0.3) is 5.82 Å². The number of aromatic nitrogens is 4. The van der Waals surface area contributed by atoms with Crippen molar-refractivity contribution < 1.29 is 9.53 Å². The Morgan fingerprint density at radius 2 is 2.08 bits per heavy atom. The number of nitrogens with zero attached hydrogens (tertiary/aromatic N) is 3. The molecule has 128 valence electrons. The van der Waals surface area contributed by atoms with Crippen molar-refractivity contribution in [2.75, 3.05) is 7.11 Å². The summed E-state index contributed by atoms with van der Waals surface area (Å²) >= 11 is 0. The highest BCUT2D eigenvalue weighted by atomic mass is 16.5. The van der Waals surface area contributed by atoms with Gasteiger partial charge in [-0.15, -0.1) is 0 Å². The van der Waals surface area contributed by atoms with E-state index in [1.54, 1.807) is 14.0 Å². The highest BCUT2D eigenvalue weighted by molar-refractivity contribution is 5.95. The van der Waals surface area contributed by atoms with Gasteiger partial charge in [0, 0.05) is 18.2 Å². The summed E-state index contributed by atoms with van der Waals surface area (Å²) in [4.78, 5) is 23.6. The van der Waals surface area contributed by atoms with Crippen molar-refractivity contribution in [2.24, 2.45) is 0 Å². The van der Waals surface area contributed by atoms with Crippen molar-refractivity contribution in [3.8, 4) is 11.6 Å². The lowest BCUT2D eigenvalue weighted by Gasteiger charge is -2.09. The molecule has 0 aliphatic rings. The molecule has 0 fully saturated rings. The van der Waals surface area contributed by atoms with Crippen LogP contribution in [-0.2, 0) is 6.54 Å². The zero-order valence-electron chi connectivity index (χ0n) is 13.8. The van der Waals surface area contributed by atoms with Gasteiger partial charge in [0.15, 0.2) is 5.82 Å². The molecule has 0 aliphatic heterocycles. The molecule has 0 radical (unpaired) electrons. The van der Waals surface area contributed by atoms with Crippen LogP contribution >= 0.6 is 0 Å². The number of methoxy groups -OCH3 is 1. The summed E-state index contributed by atoms with van der Waals surface area (Å²) < 4.78 is 6.77. The van der Waals surface area contributed by atoms with Gasteiger partial charge in [-0.3, -0.25) is 9.59 Å². The Morgan fingerprint density at radius 1 is 1.28 bits per heavy atom. The van der Waals surface area contributed by atoms with Crippen LogP contribution in [0.4, 0.5) is 0 Å². The molecule has 3 aromatic rings. The number of carbonyl (C=O) groups excluding carboxylic acids is 1. The van der Waals surface area contributed by atoms with Crippen molar-refractivity contribution in [3.63, 3.8) is 0 Å². The number of aromatic amines is 1. The van der Waals surface area contributed by atoms with E-state index < -0.39 is 0 Å². The van der Waals surface area contributed by atoms with Crippen LogP contribution in [0.3, 0.4) is 0 Å². The number of rotatable bonds is 5. The molecule has 2 heterocycles. The minimum atomic E-state index is -0.302. The van der Waals surface area contributed by atoms with E-state index >= 15 is 0 Å². The molecule has 0 bridgehead atoms. The van der Waals surface area contributed by atoms with Crippen LogP contribution < -0.4 is 15.6 Å². The summed E-state index contributed by atoms with van der Waals surface area (Å²) in [6, 6.07) is 10.4. The lowest BCUT2D eigenvalue weighted by molar-refractivity contribution is 0.0950. The summed E-state index contributed by atoms with van der Waals surface area (Å²) in [7, 11) is 1.59. The quantitative estimate of drug-likeness (QED) is 0.727. The molecular formula is C17H17N5O3. The van der Waals surface area contributed by atoms with Crippen LogP contribution in [0.1, 0.15) is 21.6 Å². The Balaban J connectivity index is 1.77. The maximum atomic E-state index is 12.5. The maximum Gasteiger partial charge on any atom is 0.264 e. The molecule has 8 nitrogen and oxygen atoms in total. The highest BCUT2D eigenvalue weighted by Crippen LogP contribution is 2.17. The first-order valence-corrected chi connectivity index (χ1v) is 7.61. The van der Waals surface area contributed by atoms with E-state index in [4.69, 9.17) is 4.74 Å². The number of ether oxygens (including phenoxy) is 1. The molecule has 1 aromatic carbocycles. The monoisotopic (exact) mass is 339 g/mol. The number of benzene rings is 1. The summed E-state index contributed by atoms with van der Waals surface area (Å²) in [6.07, 6.45) is 1.47. The zero-order chi connectivity index (χ0) is 17.8. The second-order valence-electron chi connectivity index (χ2n) is 5.33. The second-order valence-corrected chi connectivity index (χ2v) is 5.33. The first kappa shape index (κ1) is 16.4. The molecule has 0 spiro atoms. The average Bonchev–Trinajstić information content (AvgIpc) is 3.02. The minimum absolute atomic E-state index is 0.251. The van der Waals surface area contributed by atoms with E-state index in [0.717, 1.165) is 5.56 Å². The predicted molar refractivity (Wildman–Crippen MR) is 90.9 cm³/mol. The molecule has 8 heteroatoms. The van der Waals surface area contributed by atoms with Gasteiger partial charge >= 0.3 is 0 Å². The van der Waals surface area contributed by atoms with Crippen LogP contribution in [0.5, 0.6) is 5.75 Å². The Morgan fingerprint density at radius 3 is 2.80 bits per heavy atom. The van der Waals surface area contributed by atoms with Crippen molar-refractivity contribution in [1.29, 1.82) is 0 Å². The summed E-state index contributed by atoms with van der Waals surface area (Å²) in [6.45, 7) is 2.10. The molecule has 3 rings (SSSR count). The Bertz CT molecular complexity index is 940. The Labute approximate surface area is 143 Å². The highest BCUT2D eigenvalue weighted by Gasteiger charge is 2.16. The summed E-state index contributed by atoms with van der Waals surface area (Å²) in [5, 5.41) is 13.3. The normalized spacial score (nSPS) is 10.5. The fourth-order valence-electron chi connectivity index (χ4n) is 2.44. The van der Waals surface area contributed by atoms with Gasteiger partial charge in [-0.1, -0.05) is 18.2 Å². The van der Waals surface area contributed by atoms with Gasteiger partial charge in [0.1, 0.15) is 5.75 Å². The number of H-pyrrole nitrogens is 1. The van der Waals surface area contributed by atoms with Crippen molar-refractivity contribution in [1.82, 2.24) is 25.3 Å². The minimum Gasteiger partial charge on any atom is -0.496 e. The number of carbonyl (C=O) groups is 1. The largest absolute Gasteiger partial charge is 0.496 e. The van der Waals surface area contributed by atoms with E-state index in [0.29, 0.717) is 29.4 Å². The van der Waals surface area contributed by atoms with Gasteiger partial charge in [-0.2, -0.15) is 10.2 Å². The number of hydrogen-bond donors (Lipinski definition) is 2.